The van der Waals surface area contributed by atoms with Gasteiger partial charge in [0.05, 0.1) is 4.88 Å². The quantitative estimate of drug-likeness (QED) is 0.682. The Labute approximate surface area is 147 Å². The van der Waals surface area contributed by atoms with Crippen molar-refractivity contribution in [3.8, 4) is 10.8 Å². The number of benzene rings is 1. The van der Waals surface area contributed by atoms with Crippen LogP contribution in [0.1, 0.15) is 29.3 Å². The molecule has 0 fully saturated rings. The van der Waals surface area contributed by atoms with Crippen molar-refractivity contribution in [2.45, 2.75) is 13.0 Å². The number of amides is 1. The highest BCUT2D eigenvalue weighted by molar-refractivity contribution is 7.13. The Morgan fingerprint density at radius 1 is 1.20 bits per heavy atom. The fourth-order valence-corrected chi connectivity index (χ4v) is 2.68. The van der Waals surface area contributed by atoms with Crippen LogP contribution in [-0.2, 0) is 9.53 Å². The summed E-state index contributed by atoms with van der Waals surface area (Å²) < 4.78 is 10.7. The van der Waals surface area contributed by atoms with Crippen LogP contribution in [0.2, 0.25) is 0 Å². The number of esters is 1. The molecule has 1 aromatic carbocycles. The number of ether oxygens (including phenoxy) is 1. The summed E-state index contributed by atoms with van der Waals surface area (Å²) in [7, 11) is 0. The molecule has 1 N–H and O–H groups in total. The number of aromatic nitrogens is 2. The third-order valence-corrected chi connectivity index (χ3v) is 4.12. The topological polar surface area (TPSA) is 94.3 Å². The third-order valence-electron chi connectivity index (χ3n) is 3.26. The zero-order valence-corrected chi connectivity index (χ0v) is 14.2. The van der Waals surface area contributed by atoms with Crippen LogP contribution < -0.4 is 5.32 Å². The van der Waals surface area contributed by atoms with E-state index < -0.39 is 12.1 Å². The van der Waals surface area contributed by atoms with E-state index in [-0.39, 0.29) is 18.3 Å². The van der Waals surface area contributed by atoms with Gasteiger partial charge in [0.2, 0.25) is 0 Å². The summed E-state index contributed by atoms with van der Waals surface area (Å²) in [6.45, 7) is 1.38. The van der Waals surface area contributed by atoms with Gasteiger partial charge in [0.25, 0.3) is 17.7 Å². The third kappa shape index (κ3) is 4.30. The highest BCUT2D eigenvalue weighted by Crippen LogP contribution is 2.25. The lowest BCUT2D eigenvalue weighted by molar-refractivity contribution is -0.148. The van der Waals surface area contributed by atoms with Crippen LogP contribution in [0.15, 0.2) is 52.3 Å². The fourth-order valence-electron chi connectivity index (χ4n) is 2.03. The van der Waals surface area contributed by atoms with Crippen LogP contribution in [0, 0.1) is 0 Å². The fraction of sp³-hybridized carbons (Fsp3) is 0.176. The van der Waals surface area contributed by atoms with Crippen LogP contribution in [0.5, 0.6) is 0 Å². The van der Waals surface area contributed by atoms with Crippen molar-refractivity contribution in [2.24, 2.45) is 0 Å². The van der Waals surface area contributed by atoms with Crippen LogP contribution in [-0.4, -0.2) is 28.6 Å². The Kier molecular flexibility index (Phi) is 5.20. The summed E-state index contributed by atoms with van der Waals surface area (Å²) in [5.74, 6) is -0.355. The molecule has 0 saturated carbocycles. The summed E-state index contributed by atoms with van der Waals surface area (Å²) in [5, 5.41) is 12.2. The molecule has 3 aromatic rings. The number of carbonyl (C=O) groups excluding carboxylic acids is 2. The van der Waals surface area contributed by atoms with E-state index in [4.69, 9.17) is 9.15 Å². The van der Waals surface area contributed by atoms with E-state index in [2.05, 4.69) is 15.5 Å². The molecule has 0 unspecified atom stereocenters. The number of nitrogens with one attached hydrogen (secondary N) is 1. The Morgan fingerprint density at radius 2 is 2.00 bits per heavy atom. The summed E-state index contributed by atoms with van der Waals surface area (Å²) in [4.78, 5) is 24.6. The molecule has 1 atom stereocenters. The molecule has 0 aliphatic carbocycles. The monoisotopic (exact) mass is 357 g/mol. The van der Waals surface area contributed by atoms with Crippen molar-refractivity contribution in [3.05, 3.63) is 59.3 Å². The Balaban J connectivity index is 1.52. The number of carbonyl (C=O) groups is 2. The largest absolute Gasteiger partial charge is 0.451 e. The van der Waals surface area contributed by atoms with Gasteiger partial charge in [-0.1, -0.05) is 24.3 Å². The molecular formula is C17H15N3O4S. The van der Waals surface area contributed by atoms with Crippen LogP contribution in [0.3, 0.4) is 0 Å². The van der Waals surface area contributed by atoms with Crippen molar-refractivity contribution in [1.82, 2.24) is 15.5 Å². The lowest BCUT2D eigenvalue weighted by Crippen LogP contribution is -2.31. The van der Waals surface area contributed by atoms with Crippen LogP contribution in [0.4, 0.5) is 0 Å². The second-order valence-corrected chi connectivity index (χ2v) is 6.05. The average Bonchev–Trinajstić information content (AvgIpc) is 3.31. The molecule has 128 valence electrons. The Hall–Kier alpha value is -3.00. The maximum atomic E-state index is 11.9. The molecule has 7 nitrogen and oxygen atoms in total. The number of hydrogen-bond acceptors (Lipinski definition) is 7. The van der Waals surface area contributed by atoms with E-state index in [0.29, 0.717) is 11.5 Å². The zero-order valence-electron chi connectivity index (χ0n) is 13.3. The first-order valence-corrected chi connectivity index (χ1v) is 8.41. The van der Waals surface area contributed by atoms with Crippen LogP contribution in [0.25, 0.3) is 10.8 Å². The van der Waals surface area contributed by atoms with Gasteiger partial charge < -0.3 is 14.5 Å². The second kappa shape index (κ2) is 7.71. The van der Waals surface area contributed by atoms with Gasteiger partial charge in [0.15, 0.2) is 6.10 Å². The number of rotatable bonds is 6. The number of hydrogen-bond donors (Lipinski definition) is 1. The average molecular weight is 357 g/mol. The normalized spacial score (nSPS) is 11.7. The molecule has 25 heavy (non-hydrogen) atoms. The van der Waals surface area contributed by atoms with Crippen molar-refractivity contribution in [2.75, 3.05) is 6.54 Å². The SMILES string of the molecule is C[C@H](OC(=O)CNC(=O)c1ccccc1)c1nnc(-c2cccs2)o1. The lowest BCUT2D eigenvalue weighted by atomic mass is 10.2. The van der Waals surface area contributed by atoms with Gasteiger partial charge >= 0.3 is 5.97 Å². The minimum absolute atomic E-state index is 0.200. The molecule has 1 amide bonds. The number of nitrogens with zero attached hydrogens (tertiary/aromatic N) is 2. The molecular weight excluding hydrogens is 342 g/mol. The van der Waals surface area contributed by atoms with Gasteiger partial charge in [-0.2, -0.15) is 0 Å². The van der Waals surface area contributed by atoms with Gasteiger partial charge in [-0.05, 0) is 30.5 Å². The molecule has 8 heteroatoms. The maximum Gasteiger partial charge on any atom is 0.326 e. The second-order valence-electron chi connectivity index (χ2n) is 5.10. The van der Waals surface area contributed by atoms with E-state index in [1.807, 2.05) is 23.6 Å². The van der Waals surface area contributed by atoms with Gasteiger partial charge in [-0.25, -0.2) is 0 Å². The van der Waals surface area contributed by atoms with E-state index in [1.54, 1.807) is 31.2 Å². The predicted octanol–water partition coefficient (Wildman–Crippen LogP) is 2.83. The van der Waals surface area contributed by atoms with Crippen molar-refractivity contribution in [3.63, 3.8) is 0 Å². The zero-order chi connectivity index (χ0) is 17.6. The minimum Gasteiger partial charge on any atom is -0.451 e. The van der Waals surface area contributed by atoms with Gasteiger partial charge in [-0.15, -0.1) is 21.5 Å². The lowest BCUT2D eigenvalue weighted by Gasteiger charge is -2.10. The molecule has 0 saturated heterocycles. The summed E-state index contributed by atoms with van der Waals surface area (Å²) in [5.41, 5.74) is 0.473. The molecule has 0 radical (unpaired) electrons. The summed E-state index contributed by atoms with van der Waals surface area (Å²) in [6.07, 6.45) is -0.706. The maximum absolute atomic E-state index is 11.9. The van der Waals surface area contributed by atoms with Crippen molar-refractivity contribution < 1.29 is 18.7 Å². The van der Waals surface area contributed by atoms with Gasteiger partial charge in [0, 0.05) is 5.56 Å². The van der Waals surface area contributed by atoms with Gasteiger partial charge in [-0.3, -0.25) is 9.59 Å². The standard InChI is InChI=1S/C17H15N3O4S/c1-11(16-19-20-17(24-16)13-8-5-9-25-13)23-14(21)10-18-15(22)12-6-3-2-4-7-12/h2-9,11H,10H2,1H3,(H,18,22)/t11-/m0/s1. The van der Waals surface area contributed by atoms with E-state index in [9.17, 15) is 9.59 Å². The first kappa shape index (κ1) is 16.8. The smallest absolute Gasteiger partial charge is 0.326 e. The molecule has 0 aliphatic rings. The number of thiophene rings is 1. The van der Waals surface area contributed by atoms with Gasteiger partial charge in [0.1, 0.15) is 6.54 Å². The highest BCUT2D eigenvalue weighted by atomic mass is 32.1. The summed E-state index contributed by atoms with van der Waals surface area (Å²) >= 11 is 1.47. The molecule has 3 rings (SSSR count). The van der Waals surface area contributed by atoms with Crippen LogP contribution >= 0.6 is 11.3 Å². The minimum atomic E-state index is -0.706. The Morgan fingerprint density at radius 3 is 2.72 bits per heavy atom. The Bertz CT molecular complexity index is 846. The molecule has 0 spiro atoms. The van der Waals surface area contributed by atoms with Crippen molar-refractivity contribution >= 4 is 23.2 Å². The van der Waals surface area contributed by atoms with E-state index in [0.717, 1.165) is 4.88 Å². The van der Waals surface area contributed by atoms with Crippen molar-refractivity contribution in [1.29, 1.82) is 0 Å². The summed E-state index contributed by atoms with van der Waals surface area (Å²) in [6, 6.07) is 12.4. The van der Waals surface area contributed by atoms with E-state index in [1.165, 1.54) is 11.3 Å². The highest BCUT2D eigenvalue weighted by Gasteiger charge is 2.19. The first-order chi connectivity index (χ1) is 12.1. The van der Waals surface area contributed by atoms with E-state index >= 15 is 0 Å². The molecule has 0 bridgehead atoms. The molecule has 0 aliphatic heterocycles. The predicted molar refractivity (Wildman–Crippen MR) is 90.9 cm³/mol. The first-order valence-electron chi connectivity index (χ1n) is 7.53. The molecule has 2 aromatic heterocycles. The molecule has 2 heterocycles.